The molecule has 0 aliphatic carbocycles. The van der Waals surface area contributed by atoms with Crippen molar-refractivity contribution in [3.8, 4) is 11.5 Å². The zero-order valence-electron chi connectivity index (χ0n) is 17.7. The molecule has 5 heteroatoms. The minimum absolute atomic E-state index is 0.0308. The third-order valence-corrected chi connectivity index (χ3v) is 5.13. The molecule has 1 N–H and O–H groups in total. The normalized spacial score (nSPS) is 19.2. The molecule has 1 saturated heterocycles. The molecule has 1 amide bonds. The molecule has 2 rings (SSSR count). The van der Waals surface area contributed by atoms with Crippen LogP contribution in [0.15, 0.2) is 18.2 Å². The van der Waals surface area contributed by atoms with Gasteiger partial charge in [0.1, 0.15) is 0 Å². The molecule has 1 aromatic rings. The Kier molecular flexibility index (Phi) is 7.96. The van der Waals surface area contributed by atoms with Crippen LogP contribution in [0.5, 0.6) is 11.5 Å². The molecule has 1 aromatic carbocycles. The molecule has 2 atom stereocenters. The highest BCUT2D eigenvalue weighted by Crippen LogP contribution is 2.31. The van der Waals surface area contributed by atoms with Gasteiger partial charge < -0.3 is 14.8 Å². The predicted octanol–water partition coefficient (Wildman–Crippen LogP) is 4.17. The van der Waals surface area contributed by atoms with Crippen molar-refractivity contribution in [2.24, 2.45) is 5.92 Å². The van der Waals surface area contributed by atoms with Gasteiger partial charge in [0.25, 0.3) is 0 Å². The Morgan fingerprint density at radius 2 is 1.93 bits per heavy atom. The summed E-state index contributed by atoms with van der Waals surface area (Å²) in [4.78, 5) is 15.2. The molecule has 152 valence electrons. The quantitative estimate of drug-likeness (QED) is 0.740. The van der Waals surface area contributed by atoms with Crippen LogP contribution in [0.25, 0.3) is 0 Å². The first-order chi connectivity index (χ1) is 12.8. The van der Waals surface area contributed by atoms with Crippen LogP contribution in [-0.2, 0) is 4.79 Å². The Balaban J connectivity index is 2.06. The highest BCUT2D eigenvalue weighted by atomic mass is 16.5. The van der Waals surface area contributed by atoms with Crippen LogP contribution < -0.4 is 14.8 Å². The third kappa shape index (κ3) is 5.86. The lowest BCUT2D eigenvalue weighted by atomic mass is 9.99. The van der Waals surface area contributed by atoms with Crippen molar-refractivity contribution < 1.29 is 14.3 Å². The summed E-state index contributed by atoms with van der Waals surface area (Å²) in [6, 6.07) is 6.17. The van der Waals surface area contributed by atoms with E-state index in [1.54, 1.807) is 7.11 Å². The van der Waals surface area contributed by atoms with Gasteiger partial charge in [0.2, 0.25) is 5.91 Å². The maximum absolute atomic E-state index is 12.9. The van der Waals surface area contributed by atoms with Gasteiger partial charge in [-0.2, -0.15) is 0 Å². The highest BCUT2D eigenvalue weighted by Gasteiger charge is 2.31. The highest BCUT2D eigenvalue weighted by molar-refractivity contribution is 5.82. The summed E-state index contributed by atoms with van der Waals surface area (Å²) < 4.78 is 11.3. The first-order valence-corrected chi connectivity index (χ1v) is 10.2. The third-order valence-electron chi connectivity index (χ3n) is 5.13. The zero-order valence-corrected chi connectivity index (χ0v) is 17.7. The Bertz CT molecular complexity index is 616. The number of piperidine rings is 1. The summed E-state index contributed by atoms with van der Waals surface area (Å²) in [5.41, 5.74) is 1.02. The van der Waals surface area contributed by atoms with Crippen molar-refractivity contribution in [1.29, 1.82) is 0 Å². The van der Waals surface area contributed by atoms with Gasteiger partial charge in [0.05, 0.1) is 25.8 Å². The second-order valence-electron chi connectivity index (χ2n) is 8.19. The fourth-order valence-corrected chi connectivity index (χ4v) is 3.58. The van der Waals surface area contributed by atoms with Gasteiger partial charge in [-0.05, 0) is 63.8 Å². The summed E-state index contributed by atoms with van der Waals surface area (Å²) in [5.74, 6) is 2.02. The molecule has 1 aliphatic rings. The van der Waals surface area contributed by atoms with Crippen molar-refractivity contribution in [1.82, 2.24) is 10.2 Å². The summed E-state index contributed by atoms with van der Waals surface area (Å²) >= 11 is 0. The average molecular weight is 377 g/mol. The molecule has 5 nitrogen and oxygen atoms in total. The molecule has 1 aliphatic heterocycles. The maximum atomic E-state index is 12.9. The second kappa shape index (κ2) is 9.98. The van der Waals surface area contributed by atoms with E-state index < -0.39 is 0 Å². The number of benzene rings is 1. The maximum Gasteiger partial charge on any atom is 0.237 e. The summed E-state index contributed by atoms with van der Waals surface area (Å²) in [5, 5.41) is 3.19. The van der Waals surface area contributed by atoms with Crippen LogP contribution in [0.2, 0.25) is 0 Å². The number of hydrogen-bond donors (Lipinski definition) is 1. The van der Waals surface area contributed by atoms with E-state index >= 15 is 0 Å². The van der Waals surface area contributed by atoms with E-state index in [0.29, 0.717) is 24.3 Å². The lowest BCUT2D eigenvalue weighted by molar-refractivity contribution is -0.129. The topological polar surface area (TPSA) is 50.8 Å². The van der Waals surface area contributed by atoms with Gasteiger partial charge in [0, 0.05) is 6.04 Å². The van der Waals surface area contributed by atoms with Crippen molar-refractivity contribution in [3.63, 3.8) is 0 Å². The standard InChI is InChI=1S/C22H36N2O3/c1-15(2)14-27-20-11-10-18(13-21(20)26-6)17(5)23-22(25)19-9-7-8-12-24(19)16(3)4/h10-11,13,15-17,19H,7-9,12,14H2,1-6H3,(H,23,25). The second-order valence-corrected chi connectivity index (χ2v) is 8.19. The van der Waals surface area contributed by atoms with Gasteiger partial charge >= 0.3 is 0 Å². The van der Waals surface area contributed by atoms with Crippen LogP contribution >= 0.6 is 0 Å². The first kappa shape index (κ1) is 21.5. The Hall–Kier alpha value is -1.75. The fourth-order valence-electron chi connectivity index (χ4n) is 3.58. The Morgan fingerprint density at radius 3 is 2.56 bits per heavy atom. The number of carbonyl (C=O) groups excluding carboxylic acids is 1. The number of methoxy groups -OCH3 is 1. The van der Waals surface area contributed by atoms with Crippen LogP contribution in [0, 0.1) is 5.92 Å². The minimum atomic E-state index is -0.0820. The van der Waals surface area contributed by atoms with Gasteiger partial charge in [-0.25, -0.2) is 0 Å². The van der Waals surface area contributed by atoms with E-state index in [9.17, 15) is 4.79 Å². The molecule has 27 heavy (non-hydrogen) atoms. The molecule has 0 aromatic heterocycles. The smallest absolute Gasteiger partial charge is 0.237 e. The SMILES string of the molecule is COc1cc(C(C)NC(=O)C2CCCCN2C(C)C)ccc1OCC(C)C. The van der Waals surface area contributed by atoms with E-state index in [-0.39, 0.29) is 18.0 Å². The van der Waals surface area contributed by atoms with Crippen molar-refractivity contribution in [3.05, 3.63) is 23.8 Å². The molecular formula is C22H36N2O3. The predicted molar refractivity (Wildman–Crippen MR) is 109 cm³/mol. The number of carbonyl (C=O) groups is 1. The van der Waals surface area contributed by atoms with Gasteiger partial charge in [-0.1, -0.05) is 26.3 Å². The number of hydrogen-bond acceptors (Lipinski definition) is 4. The van der Waals surface area contributed by atoms with Crippen molar-refractivity contribution in [2.45, 2.75) is 72.0 Å². The Morgan fingerprint density at radius 1 is 1.19 bits per heavy atom. The van der Waals surface area contributed by atoms with E-state index in [4.69, 9.17) is 9.47 Å². The van der Waals surface area contributed by atoms with Crippen molar-refractivity contribution in [2.75, 3.05) is 20.3 Å². The lowest BCUT2D eigenvalue weighted by Gasteiger charge is -2.38. The van der Waals surface area contributed by atoms with E-state index in [0.717, 1.165) is 30.7 Å². The molecular weight excluding hydrogens is 340 g/mol. The summed E-state index contributed by atoms with van der Waals surface area (Å²) in [6.07, 6.45) is 3.22. The number of nitrogens with one attached hydrogen (secondary N) is 1. The van der Waals surface area contributed by atoms with Crippen LogP contribution in [0.3, 0.4) is 0 Å². The minimum Gasteiger partial charge on any atom is -0.493 e. The molecule has 1 fully saturated rings. The number of rotatable bonds is 8. The molecule has 2 unspecified atom stereocenters. The Labute approximate surface area is 164 Å². The van der Waals surface area contributed by atoms with E-state index in [2.05, 4.69) is 37.9 Å². The van der Waals surface area contributed by atoms with Gasteiger partial charge in [-0.15, -0.1) is 0 Å². The van der Waals surface area contributed by atoms with Crippen molar-refractivity contribution >= 4 is 5.91 Å². The number of ether oxygens (including phenoxy) is 2. The average Bonchev–Trinajstić information content (AvgIpc) is 2.65. The van der Waals surface area contributed by atoms with Crippen LogP contribution in [0.1, 0.15) is 65.5 Å². The summed E-state index contributed by atoms with van der Waals surface area (Å²) in [6.45, 7) is 12.2. The van der Waals surface area contributed by atoms with E-state index in [1.165, 1.54) is 6.42 Å². The molecule has 0 saturated carbocycles. The van der Waals surface area contributed by atoms with Crippen LogP contribution in [-0.4, -0.2) is 43.2 Å². The fraction of sp³-hybridized carbons (Fsp3) is 0.682. The lowest BCUT2D eigenvalue weighted by Crippen LogP contribution is -2.52. The van der Waals surface area contributed by atoms with Crippen LogP contribution in [0.4, 0.5) is 0 Å². The number of nitrogens with zero attached hydrogens (tertiary/aromatic N) is 1. The first-order valence-electron chi connectivity index (χ1n) is 10.2. The molecule has 0 spiro atoms. The van der Waals surface area contributed by atoms with E-state index in [1.807, 2.05) is 25.1 Å². The zero-order chi connectivity index (χ0) is 20.0. The van der Waals surface area contributed by atoms with Gasteiger partial charge in [0.15, 0.2) is 11.5 Å². The number of likely N-dealkylation sites (tertiary alicyclic amines) is 1. The molecule has 0 radical (unpaired) electrons. The molecule has 1 heterocycles. The number of amides is 1. The molecule has 0 bridgehead atoms. The summed E-state index contributed by atoms with van der Waals surface area (Å²) in [7, 11) is 1.65. The van der Waals surface area contributed by atoms with Gasteiger partial charge in [-0.3, -0.25) is 9.69 Å². The largest absolute Gasteiger partial charge is 0.493 e. The monoisotopic (exact) mass is 376 g/mol.